The Kier molecular flexibility index (Phi) is 2.75. The van der Waals surface area contributed by atoms with Crippen LogP contribution in [0.3, 0.4) is 0 Å². The molecule has 0 saturated heterocycles. The molecule has 0 bridgehead atoms. The van der Waals surface area contributed by atoms with Gasteiger partial charge in [0.15, 0.2) is 0 Å². The highest BCUT2D eigenvalue weighted by atomic mass is 16.1. The van der Waals surface area contributed by atoms with Crippen LogP contribution in [-0.4, -0.2) is 11.3 Å². The summed E-state index contributed by atoms with van der Waals surface area (Å²) in [6, 6.07) is 4.54. The fraction of sp³-hybridized carbons (Fsp3) is 0.368. The smallest absolute Gasteiger partial charge is 0.146 e. The van der Waals surface area contributed by atoms with Crippen LogP contribution in [-0.2, 0) is 11.2 Å². The maximum absolute atomic E-state index is 11.4. The van der Waals surface area contributed by atoms with Gasteiger partial charge in [-0.3, -0.25) is 9.78 Å². The zero-order valence-electron chi connectivity index (χ0n) is 12.5. The van der Waals surface area contributed by atoms with Crippen LogP contribution in [0.25, 0.3) is 16.3 Å². The predicted octanol–water partition coefficient (Wildman–Crippen LogP) is 4.28. The Balaban J connectivity index is 1.96. The molecule has 0 N–H and O–H groups in total. The van der Waals surface area contributed by atoms with E-state index in [1.807, 2.05) is 12.4 Å². The minimum atomic E-state index is 0.394. The molecule has 2 nitrogen and oxygen atoms in total. The van der Waals surface area contributed by atoms with E-state index in [0.29, 0.717) is 11.8 Å². The van der Waals surface area contributed by atoms with Crippen molar-refractivity contribution in [3.8, 4) is 0 Å². The molecule has 2 atom stereocenters. The van der Waals surface area contributed by atoms with Gasteiger partial charge < -0.3 is 0 Å². The van der Waals surface area contributed by atoms with E-state index in [4.69, 9.17) is 0 Å². The van der Waals surface area contributed by atoms with Crippen LogP contribution in [0.4, 0.5) is 0 Å². The van der Waals surface area contributed by atoms with Crippen molar-refractivity contribution in [1.29, 1.82) is 0 Å². The van der Waals surface area contributed by atoms with Crippen molar-refractivity contribution in [3.63, 3.8) is 0 Å². The van der Waals surface area contributed by atoms with E-state index in [1.165, 1.54) is 33.0 Å². The van der Waals surface area contributed by atoms with Crippen molar-refractivity contribution in [2.75, 3.05) is 0 Å². The molecule has 1 aromatic heterocycles. The quantitative estimate of drug-likeness (QED) is 0.767. The molecular formula is C19H19NO. The minimum Gasteiger partial charge on any atom is -0.298 e. The van der Waals surface area contributed by atoms with E-state index in [1.54, 1.807) is 0 Å². The van der Waals surface area contributed by atoms with Crippen molar-refractivity contribution in [2.45, 2.75) is 39.0 Å². The molecular weight excluding hydrogens is 258 g/mol. The molecule has 2 aliphatic carbocycles. The second-order valence-electron chi connectivity index (χ2n) is 6.56. The fourth-order valence-electron chi connectivity index (χ4n) is 4.05. The maximum Gasteiger partial charge on any atom is 0.146 e. The van der Waals surface area contributed by atoms with Gasteiger partial charge in [-0.15, -0.1) is 0 Å². The zero-order chi connectivity index (χ0) is 14.6. The van der Waals surface area contributed by atoms with Crippen molar-refractivity contribution in [2.24, 2.45) is 5.92 Å². The van der Waals surface area contributed by atoms with Crippen LogP contribution in [0.5, 0.6) is 0 Å². The average Bonchev–Trinajstić information content (AvgIpc) is 3.01. The van der Waals surface area contributed by atoms with Crippen molar-refractivity contribution < 1.29 is 4.79 Å². The number of rotatable bonds is 2. The fourth-order valence-corrected chi connectivity index (χ4v) is 4.05. The van der Waals surface area contributed by atoms with Gasteiger partial charge in [0, 0.05) is 17.8 Å². The molecule has 0 radical (unpaired) electrons. The predicted molar refractivity (Wildman–Crippen MR) is 85.2 cm³/mol. The number of aldehydes is 1. The third kappa shape index (κ3) is 1.78. The lowest BCUT2D eigenvalue weighted by molar-refractivity contribution is -0.105. The second kappa shape index (κ2) is 4.52. The summed E-state index contributed by atoms with van der Waals surface area (Å²) in [7, 11) is 0. The Morgan fingerprint density at radius 1 is 1.19 bits per heavy atom. The normalized spacial score (nSPS) is 24.1. The first kappa shape index (κ1) is 12.8. The van der Waals surface area contributed by atoms with Gasteiger partial charge in [0.05, 0.1) is 0 Å². The Hall–Kier alpha value is -1.96. The van der Waals surface area contributed by atoms with Crippen molar-refractivity contribution >= 4 is 22.6 Å². The van der Waals surface area contributed by atoms with E-state index in [0.717, 1.165) is 31.1 Å². The van der Waals surface area contributed by atoms with E-state index in [-0.39, 0.29) is 0 Å². The third-order valence-electron chi connectivity index (χ3n) is 5.21. The summed E-state index contributed by atoms with van der Waals surface area (Å²) in [5.74, 6) is 0.943. The van der Waals surface area contributed by atoms with Crippen LogP contribution in [0, 0.1) is 5.92 Å². The van der Waals surface area contributed by atoms with Gasteiger partial charge in [-0.2, -0.15) is 0 Å². The van der Waals surface area contributed by atoms with E-state index < -0.39 is 0 Å². The highest BCUT2D eigenvalue weighted by molar-refractivity contribution is 5.96. The Labute approximate surface area is 124 Å². The largest absolute Gasteiger partial charge is 0.298 e. The van der Waals surface area contributed by atoms with E-state index in [9.17, 15) is 4.79 Å². The highest BCUT2D eigenvalue weighted by Gasteiger charge is 2.26. The number of benzene rings is 1. The summed E-state index contributed by atoms with van der Waals surface area (Å²) in [6.45, 7) is 4.42. The van der Waals surface area contributed by atoms with Crippen LogP contribution < -0.4 is 0 Å². The number of hydrogen-bond acceptors (Lipinski definition) is 2. The molecule has 106 valence electrons. The first-order valence-electron chi connectivity index (χ1n) is 7.78. The summed E-state index contributed by atoms with van der Waals surface area (Å²) < 4.78 is 0. The molecule has 4 rings (SSSR count). The molecule has 2 heteroatoms. The molecule has 21 heavy (non-hydrogen) atoms. The molecule has 1 aromatic carbocycles. The van der Waals surface area contributed by atoms with E-state index in [2.05, 4.69) is 31.0 Å². The molecule has 0 unspecified atom stereocenters. The van der Waals surface area contributed by atoms with Crippen LogP contribution in [0.15, 0.2) is 30.1 Å². The topological polar surface area (TPSA) is 30.0 Å². The second-order valence-corrected chi connectivity index (χ2v) is 6.56. The lowest BCUT2D eigenvalue weighted by Gasteiger charge is -2.09. The highest BCUT2D eigenvalue weighted by Crippen LogP contribution is 2.42. The van der Waals surface area contributed by atoms with Crippen LogP contribution in [0.2, 0.25) is 0 Å². The molecule has 2 aromatic rings. The zero-order valence-corrected chi connectivity index (χ0v) is 12.5. The number of carbonyl (C=O) groups is 1. The standard InChI is InChI=1S/C19H19NO/c1-11-3-4-16(18(11)10-21)13-6-14-5-12(2)17-9-20-8-15(7-13)19(14)17/h6-12H,3-5H2,1-2H3/t11-,12-/m1/s1. The molecule has 0 spiro atoms. The van der Waals surface area contributed by atoms with Gasteiger partial charge in [0.1, 0.15) is 6.29 Å². The molecule has 0 saturated carbocycles. The Bertz CT molecular complexity index is 787. The number of carbonyl (C=O) groups excluding carboxylic acids is 1. The summed E-state index contributed by atoms with van der Waals surface area (Å²) in [4.78, 5) is 15.8. The van der Waals surface area contributed by atoms with Gasteiger partial charge in [-0.1, -0.05) is 19.9 Å². The number of hydrogen-bond donors (Lipinski definition) is 0. The minimum absolute atomic E-state index is 0.394. The number of nitrogens with zero attached hydrogens (tertiary/aromatic N) is 1. The number of aromatic nitrogens is 1. The summed E-state index contributed by atoms with van der Waals surface area (Å²) in [5.41, 5.74) is 6.28. The molecule has 0 fully saturated rings. The van der Waals surface area contributed by atoms with Crippen molar-refractivity contribution in [1.82, 2.24) is 4.98 Å². The number of pyridine rings is 1. The first-order valence-corrected chi connectivity index (χ1v) is 7.78. The van der Waals surface area contributed by atoms with Crippen LogP contribution >= 0.6 is 0 Å². The lowest BCUT2D eigenvalue weighted by atomic mass is 9.96. The Morgan fingerprint density at radius 2 is 2.05 bits per heavy atom. The first-order chi connectivity index (χ1) is 10.2. The van der Waals surface area contributed by atoms with E-state index >= 15 is 0 Å². The molecule has 2 aliphatic rings. The van der Waals surface area contributed by atoms with Gasteiger partial charge in [-0.05, 0) is 70.4 Å². The van der Waals surface area contributed by atoms with Gasteiger partial charge in [0.25, 0.3) is 0 Å². The van der Waals surface area contributed by atoms with Gasteiger partial charge in [-0.25, -0.2) is 0 Å². The van der Waals surface area contributed by atoms with Crippen molar-refractivity contribution in [3.05, 3.63) is 46.8 Å². The van der Waals surface area contributed by atoms with Gasteiger partial charge in [0.2, 0.25) is 0 Å². The molecule has 1 heterocycles. The Morgan fingerprint density at radius 3 is 2.86 bits per heavy atom. The third-order valence-corrected chi connectivity index (χ3v) is 5.21. The lowest BCUT2D eigenvalue weighted by Crippen LogP contribution is -1.95. The maximum atomic E-state index is 11.4. The molecule has 0 amide bonds. The SMILES string of the molecule is C[C@@H]1CCC(c2cc3c4c(cncc4c2)[C@H](C)C3)=C1C=O. The van der Waals surface area contributed by atoms with Crippen LogP contribution in [0.1, 0.15) is 49.3 Å². The number of allylic oxidation sites excluding steroid dienone is 2. The summed E-state index contributed by atoms with van der Waals surface area (Å²) in [5, 5.41) is 2.61. The average molecular weight is 277 g/mol. The monoisotopic (exact) mass is 277 g/mol. The molecule has 0 aliphatic heterocycles. The summed E-state index contributed by atoms with van der Waals surface area (Å²) >= 11 is 0. The summed E-state index contributed by atoms with van der Waals surface area (Å²) in [6.07, 6.45) is 8.23. The van der Waals surface area contributed by atoms with Gasteiger partial charge >= 0.3 is 0 Å².